The normalized spacial score (nSPS) is 11.8. The van der Waals surface area contributed by atoms with Crippen molar-refractivity contribution in [1.29, 1.82) is 0 Å². The molecule has 0 aliphatic heterocycles. The van der Waals surface area contributed by atoms with Crippen molar-refractivity contribution in [3.05, 3.63) is 34.8 Å². The Morgan fingerprint density at radius 2 is 1.95 bits per heavy atom. The number of nitrogens with one attached hydrogen (secondary N) is 1. The molecule has 3 aromatic rings. The maximum Gasteiger partial charge on any atom is 0.433 e. The van der Waals surface area contributed by atoms with E-state index in [0.717, 1.165) is 17.4 Å². The summed E-state index contributed by atoms with van der Waals surface area (Å²) in [4.78, 5) is 3.89. The number of phenols is 2. The summed E-state index contributed by atoms with van der Waals surface area (Å²) in [5.74, 6) is -0.584. The van der Waals surface area contributed by atoms with Crippen LogP contribution in [0.5, 0.6) is 11.5 Å². The molecule has 0 amide bonds. The third kappa shape index (κ3) is 2.39. The van der Waals surface area contributed by atoms with Gasteiger partial charge < -0.3 is 10.2 Å². The van der Waals surface area contributed by atoms with E-state index in [2.05, 4.69) is 10.1 Å². The second-order valence-electron chi connectivity index (χ2n) is 4.40. The fraction of sp³-hybridized carbons (Fsp3) is 0.0769. The van der Waals surface area contributed by atoms with Crippen molar-refractivity contribution in [1.82, 2.24) is 15.2 Å². The highest BCUT2D eigenvalue weighted by Crippen LogP contribution is 2.43. The Labute approximate surface area is 125 Å². The Morgan fingerprint density at radius 3 is 2.55 bits per heavy atom. The van der Waals surface area contributed by atoms with E-state index in [9.17, 15) is 23.4 Å². The predicted molar refractivity (Wildman–Crippen MR) is 73.5 cm³/mol. The van der Waals surface area contributed by atoms with Gasteiger partial charge in [0.2, 0.25) is 0 Å². The van der Waals surface area contributed by atoms with E-state index in [4.69, 9.17) is 0 Å². The number of aromatic hydroxyl groups is 2. The molecule has 2 aromatic heterocycles. The molecule has 0 spiro atoms. The van der Waals surface area contributed by atoms with Crippen LogP contribution in [0.1, 0.15) is 5.69 Å². The van der Waals surface area contributed by atoms with Crippen LogP contribution >= 0.6 is 11.3 Å². The highest BCUT2D eigenvalue weighted by Gasteiger charge is 2.38. The molecule has 3 N–H and O–H groups in total. The van der Waals surface area contributed by atoms with Gasteiger partial charge in [-0.15, -0.1) is 11.3 Å². The van der Waals surface area contributed by atoms with Crippen molar-refractivity contribution in [2.75, 3.05) is 0 Å². The maximum atomic E-state index is 13.1. The molecule has 114 valence electrons. The fourth-order valence-electron chi connectivity index (χ4n) is 2.05. The highest BCUT2D eigenvalue weighted by atomic mass is 32.1. The third-order valence-corrected chi connectivity index (χ3v) is 3.56. The average Bonchev–Trinajstić information content (AvgIpc) is 3.06. The first-order chi connectivity index (χ1) is 10.4. The molecular formula is C13H8F3N3O2S. The van der Waals surface area contributed by atoms with Gasteiger partial charge in [-0.25, -0.2) is 4.98 Å². The number of H-pyrrole nitrogens is 1. The standard InChI is InChI=1S/C13H8F3N3O2S/c14-13(15,16)12-10(8-4-22-5-17-8)11(18-19-12)7-2-1-6(20)3-9(7)21/h1-5,20-21H,(H,18,19). The number of aromatic amines is 1. The van der Waals surface area contributed by atoms with Crippen molar-refractivity contribution < 1.29 is 23.4 Å². The maximum absolute atomic E-state index is 13.1. The molecular weight excluding hydrogens is 319 g/mol. The average molecular weight is 327 g/mol. The Morgan fingerprint density at radius 1 is 1.18 bits per heavy atom. The first-order valence-corrected chi connectivity index (χ1v) is 6.88. The van der Waals surface area contributed by atoms with Crippen molar-refractivity contribution >= 4 is 11.3 Å². The fourth-order valence-corrected chi connectivity index (χ4v) is 2.59. The van der Waals surface area contributed by atoms with Crippen LogP contribution in [0.3, 0.4) is 0 Å². The second kappa shape index (κ2) is 5.02. The van der Waals surface area contributed by atoms with E-state index in [-0.39, 0.29) is 34.0 Å². The summed E-state index contributed by atoms with van der Waals surface area (Å²) in [7, 11) is 0. The van der Waals surface area contributed by atoms with Gasteiger partial charge in [0, 0.05) is 17.0 Å². The summed E-state index contributed by atoms with van der Waals surface area (Å²) < 4.78 is 39.4. The van der Waals surface area contributed by atoms with Gasteiger partial charge in [-0.1, -0.05) is 0 Å². The molecule has 0 saturated heterocycles. The van der Waals surface area contributed by atoms with Crippen LogP contribution < -0.4 is 0 Å². The molecule has 0 atom stereocenters. The largest absolute Gasteiger partial charge is 0.508 e. The van der Waals surface area contributed by atoms with Gasteiger partial charge in [0.05, 0.1) is 16.8 Å². The lowest BCUT2D eigenvalue weighted by atomic mass is 10.0. The van der Waals surface area contributed by atoms with Crippen LogP contribution in [0.15, 0.2) is 29.1 Å². The predicted octanol–water partition coefficient (Wildman–Crippen LogP) is 3.63. The number of aromatic nitrogens is 3. The third-order valence-electron chi connectivity index (χ3n) is 2.97. The number of hydrogen-bond donors (Lipinski definition) is 3. The zero-order valence-corrected chi connectivity index (χ0v) is 11.5. The second-order valence-corrected chi connectivity index (χ2v) is 5.11. The number of nitrogens with zero attached hydrogens (tertiary/aromatic N) is 2. The van der Waals surface area contributed by atoms with E-state index in [1.165, 1.54) is 23.0 Å². The van der Waals surface area contributed by atoms with Gasteiger partial charge >= 0.3 is 6.18 Å². The van der Waals surface area contributed by atoms with Crippen molar-refractivity contribution in [2.45, 2.75) is 6.18 Å². The summed E-state index contributed by atoms with van der Waals surface area (Å²) in [6, 6.07) is 3.57. The molecule has 22 heavy (non-hydrogen) atoms. The van der Waals surface area contributed by atoms with E-state index in [1.54, 1.807) is 0 Å². The van der Waals surface area contributed by atoms with Crippen LogP contribution in [0.25, 0.3) is 22.5 Å². The van der Waals surface area contributed by atoms with E-state index >= 15 is 0 Å². The molecule has 0 unspecified atom stereocenters. The summed E-state index contributed by atoms with van der Waals surface area (Å²) in [5.41, 5.74) is 0.204. The lowest BCUT2D eigenvalue weighted by Crippen LogP contribution is -2.07. The molecule has 2 heterocycles. The topological polar surface area (TPSA) is 82.0 Å². The number of phenolic OH excluding ortho intramolecular Hbond substituents is 2. The zero-order valence-electron chi connectivity index (χ0n) is 10.7. The van der Waals surface area contributed by atoms with Gasteiger partial charge in [-0.05, 0) is 12.1 Å². The van der Waals surface area contributed by atoms with Crippen LogP contribution in [0, 0.1) is 0 Å². The highest BCUT2D eigenvalue weighted by molar-refractivity contribution is 7.07. The minimum absolute atomic E-state index is 0.0625. The zero-order chi connectivity index (χ0) is 15.9. The summed E-state index contributed by atoms with van der Waals surface area (Å²) >= 11 is 1.15. The molecule has 0 fully saturated rings. The molecule has 0 saturated carbocycles. The molecule has 1 aromatic carbocycles. The number of rotatable bonds is 2. The Kier molecular flexibility index (Phi) is 3.28. The quantitative estimate of drug-likeness (QED) is 0.671. The monoisotopic (exact) mass is 327 g/mol. The smallest absolute Gasteiger partial charge is 0.433 e. The number of alkyl halides is 3. The molecule has 9 heteroatoms. The number of hydrogen-bond acceptors (Lipinski definition) is 5. The van der Waals surface area contributed by atoms with Crippen LogP contribution in [0.4, 0.5) is 13.2 Å². The van der Waals surface area contributed by atoms with Crippen molar-refractivity contribution in [3.8, 4) is 34.0 Å². The van der Waals surface area contributed by atoms with Crippen LogP contribution in [-0.2, 0) is 6.18 Å². The molecule has 0 aliphatic carbocycles. The molecule has 3 rings (SSSR count). The SMILES string of the molecule is Oc1ccc(-c2n[nH]c(C(F)(F)F)c2-c2cscn2)c(O)c1. The number of halogens is 3. The minimum atomic E-state index is -4.64. The van der Waals surface area contributed by atoms with Crippen LogP contribution in [0.2, 0.25) is 0 Å². The molecule has 0 radical (unpaired) electrons. The van der Waals surface area contributed by atoms with E-state index in [0.29, 0.717) is 0 Å². The first kappa shape index (κ1) is 14.4. The minimum Gasteiger partial charge on any atom is -0.508 e. The summed E-state index contributed by atoms with van der Waals surface area (Å²) in [6.07, 6.45) is -4.64. The Bertz CT molecular complexity index is 813. The van der Waals surface area contributed by atoms with Crippen molar-refractivity contribution in [2.24, 2.45) is 0 Å². The lowest BCUT2D eigenvalue weighted by molar-refractivity contribution is -0.140. The first-order valence-electron chi connectivity index (χ1n) is 5.94. The summed E-state index contributed by atoms with van der Waals surface area (Å²) in [5, 5.41) is 26.3. The van der Waals surface area contributed by atoms with E-state index < -0.39 is 11.9 Å². The van der Waals surface area contributed by atoms with Gasteiger partial charge in [0.1, 0.15) is 22.9 Å². The van der Waals surface area contributed by atoms with Crippen molar-refractivity contribution in [3.63, 3.8) is 0 Å². The van der Waals surface area contributed by atoms with Gasteiger partial charge in [-0.3, -0.25) is 5.10 Å². The van der Waals surface area contributed by atoms with Gasteiger partial charge in [0.15, 0.2) is 0 Å². The Hall–Kier alpha value is -2.55. The lowest BCUT2D eigenvalue weighted by Gasteiger charge is -2.08. The summed E-state index contributed by atoms with van der Waals surface area (Å²) in [6.45, 7) is 0. The molecule has 5 nitrogen and oxygen atoms in total. The van der Waals surface area contributed by atoms with Gasteiger partial charge in [-0.2, -0.15) is 18.3 Å². The van der Waals surface area contributed by atoms with Crippen LogP contribution in [-0.4, -0.2) is 25.4 Å². The molecule has 0 bridgehead atoms. The van der Waals surface area contributed by atoms with Gasteiger partial charge in [0.25, 0.3) is 0 Å². The number of benzene rings is 1. The van der Waals surface area contributed by atoms with E-state index in [1.807, 2.05) is 5.10 Å². The molecule has 0 aliphatic rings. The number of thiazole rings is 1. The Balaban J connectivity index is 2.27.